The molecule has 2 aromatic rings. The van der Waals surface area contributed by atoms with Crippen molar-refractivity contribution < 1.29 is 22.2 Å². The third kappa shape index (κ3) is 3.71. The van der Waals surface area contributed by atoms with Gasteiger partial charge in [-0.3, -0.25) is 14.5 Å². The molecule has 0 atom stereocenters. The summed E-state index contributed by atoms with van der Waals surface area (Å²) in [5, 5.41) is 0. The van der Waals surface area contributed by atoms with E-state index in [1.165, 1.54) is 0 Å². The molecule has 0 fully saturated rings. The minimum absolute atomic E-state index is 0.0306. The van der Waals surface area contributed by atoms with Crippen molar-refractivity contribution in [3.05, 3.63) is 65.2 Å². The zero-order valence-corrected chi connectivity index (χ0v) is 14.5. The Labute approximate surface area is 146 Å². The Morgan fingerprint density at radius 3 is 2.04 bits per heavy atom. The molecule has 0 aromatic heterocycles. The minimum atomic E-state index is -3.79. The molecule has 130 valence electrons. The highest BCUT2D eigenvalue weighted by Crippen LogP contribution is 2.22. The quantitative estimate of drug-likeness (QED) is 0.584. The number of nitrogens with zero attached hydrogens (tertiary/aromatic N) is 1. The molecule has 0 saturated heterocycles. The first-order valence-corrected chi connectivity index (χ1v) is 9.39. The number of hydrogen-bond acceptors (Lipinski definition) is 5. The van der Waals surface area contributed by atoms with Crippen LogP contribution in [-0.4, -0.2) is 37.4 Å². The molecule has 1 aliphatic rings. The Bertz CT molecular complexity index is 884. The van der Waals surface area contributed by atoms with Crippen LogP contribution in [0.25, 0.3) is 0 Å². The summed E-state index contributed by atoms with van der Waals surface area (Å²) in [6.45, 7) is 1.92. The van der Waals surface area contributed by atoms with Gasteiger partial charge < -0.3 is 4.18 Å². The summed E-state index contributed by atoms with van der Waals surface area (Å²) in [4.78, 5) is 25.5. The van der Waals surface area contributed by atoms with Gasteiger partial charge in [-0.05, 0) is 37.6 Å². The maximum atomic E-state index is 12.2. The van der Waals surface area contributed by atoms with Gasteiger partial charge in [-0.1, -0.05) is 29.8 Å². The number of amides is 2. The molecule has 6 nitrogen and oxygen atoms in total. The van der Waals surface area contributed by atoms with Crippen molar-refractivity contribution in [1.82, 2.24) is 4.90 Å². The lowest BCUT2D eigenvalue weighted by molar-refractivity contribution is 0.0654. The van der Waals surface area contributed by atoms with E-state index in [0.717, 1.165) is 10.5 Å². The Morgan fingerprint density at radius 2 is 1.48 bits per heavy atom. The Balaban J connectivity index is 1.59. The van der Waals surface area contributed by atoms with Crippen LogP contribution in [0.3, 0.4) is 0 Å². The largest absolute Gasteiger partial charge is 0.382 e. The molecule has 0 N–H and O–H groups in total. The number of rotatable bonds is 6. The fraction of sp³-hybridized carbons (Fsp3) is 0.222. The van der Waals surface area contributed by atoms with E-state index < -0.39 is 21.9 Å². The first-order chi connectivity index (χ1) is 11.9. The van der Waals surface area contributed by atoms with E-state index in [0.29, 0.717) is 11.1 Å². The van der Waals surface area contributed by atoms with E-state index >= 15 is 0 Å². The van der Waals surface area contributed by atoms with Crippen LogP contribution in [0.4, 0.5) is 0 Å². The van der Waals surface area contributed by atoms with Crippen LogP contribution in [0.2, 0.25) is 0 Å². The normalized spacial score (nSPS) is 13.9. The second kappa shape index (κ2) is 6.68. The number of fused-ring (bicyclic) bond motifs is 1. The second-order valence-corrected chi connectivity index (χ2v) is 7.51. The lowest BCUT2D eigenvalue weighted by Crippen LogP contribution is -2.32. The fourth-order valence-corrected chi connectivity index (χ4v) is 3.59. The predicted octanol–water partition coefficient (Wildman–Crippen LogP) is 2.39. The van der Waals surface area contributed by atoms with Gasteiger partial charge >= 0.3 is 10.1 Å². The number of benzene rings is 2. The summed E-state index contributed by atoms with van der Waals surface area (Å²) in [5.41, 5.74) is 1.70. The number of carbonyl (C=O) groups excluding carboxylic acids is 2. The van der Waals surface area contributed by atoms with Crippen molar-refractivity contribution in [1.29, 1.82) is 0 Å². The van der Waals surface area contributed by atoms with Crippen molar-refractivity contribution >= 4 is 21.9 Å². The molecule has 0 bridgehead atoms. The van der Waals surface area contributed by atoms with Crippen molar-refractivity contribution in [2.75, 3.05) is 12.3 Å². The molecule has 25 heavy (non-hydrogen) atoms. The monoisotopic (exact) mass is 359 g/mol. The Morgan fingerprint density at radius 1 is 0.920 bits per heavy atom. The molecule has 0 radical (unpaired) electrons. The van der Waals surface area contributed by atoms with Crippen LogP contribution in [0.1, 0.15) is 32.7 Å². The third-order valence-corrected chi connectivity index (χ3v) is 5.13. The van der Waals surface area contributed by atoms with Gasteiger partial charge in [0.25, 0.3) is 11.8 Å². The molecular formula is C18H17NO5S. The highest BCUT2D eigenvalue weighted by molar-refractivity contribution is 7.87. The van der Waals surface area contributed by atoms with Crippen LogP contribution in [0.5, 0.6) is 5.75 Å². The number of hydrogen-bond donors (Lipinski definition) is 0. The lowest BCUT2D eigenvalue weighted by atomic mass is 10.1. The van der Waals surface area contributed by atoms with E-state index in [9.17, 15) is 18.0 Å². The van der Waals surface area contributed by atoms with Gasteiger partial charge in [0.15, 0.2) is 0 Å². The van der Waals surface area contributed by atoms with Gasteiger partial charge in [-0.25, -0.2) is 0 Å². The van der Waals surface area contributed by atoms with E-state index in [4.69, 9.17) is 4.18 Å². The Kier molecular flexibility index (Phi) is 4.59. The van der Waals surface area contributed by atoms with Gasteiger partial charge in [0.1, 0.15) is 5.75 Å². The second-order valence-electron chi connectivity index (χ2n) is 5.82. The van der Waals surface area contributed by atoms with Crippen molar-refractivity contribution in [3.8, 4) is 5.75 Å². The van der Waals surface area contributed by atoms with Crippen LogP contribution >= 0.6 is 0 Å². The molecule has 1 heterocycles. The van der Waals surface area contributed by atoms with Crippen molar-refractivity contribution in [2.45, 2.75) is 13.3 Å². The maximum absolute atomic E-state index is 12.2. The van der Waals surface area contributed by atoms with Crippen LogP contribution in [0.15, 0.2) is 48.5 Å². The molecule has 1 aliphatic heterocycles. The Hall–Kier alpha value is -2.67. The zero-order valence-electron chi connectivity index (χ0n) is 13.6. The number of aryl methyl sites for hydroxylation is 1. The summed E-state index contributed by atoms with van der Waals surface area (Å²) >= 11 is 0. The minimum Gasteiger partial charge on any atom is -0.382 e. The van der Waals surface area contributed by atoms with Crippen molar-refractivity contribution in [2.24, 2.45) is 0 Å². The molecule has 3 rings (SSSR count). The zero-order chi connectivity index (χ0) is 18.0. The summed E-state index contributed by atoms with van der Waals surface area (Å²) in [7, 11) is -3.79. The highest BCUT2D eigenvalue weighted by Gasteiger charge is 2.34. The average molecular weight is 359 g/mol. The van der Waals surface area contributed by atoms with Gasteiger partial charge in [0.2, 0.25) is 0 Å². The molecule has 0 unspecified atom stereocenters. The molecule has 7 heteroatoms. The van der Waals surface area contributed by atoms with E-state index in [1.54, 1.807) is 48.5 Å². The predicted molar refractivity (Wildman–Crippen MR) is 92.0 cm³/mol. The lowest BCUT2D eigenvalue weighted by Gasteiger charge is -2.13. The van der Waals surface area contributed by atoms with Crippen LogP contribution in [0, 0.1) is 6.92 Å². The third-order valence-electron chi connectivity index (χ3n) is 3.90. The smallest absolute Gasteiger partial charge is 0.309 e. The molecular weight excluding hydrogens is 342 g/mol. The first-order valence-electron chi connectivity index (χ1n) is 7.81. The van der Waals surface area contributed by atoms with Gasteiger partial charge in [-0.15, -0.1) is 0 Å². The standard InChI is InChI=1S/C18H17NO5S/c1-13-7-9-14(10-8-13)24-25(22,23)12-4-11-19-17(20)15-5-2-3-6-16(15)18(19)21/h2-3,5-10H,4,11-12H2,1H3. The van der Waals surface area contributed by atoms with E-state index in [1.807, 2.05) is 6.92 Å². The van der Waals surface area contributed by atoms with Crippen molar-refractivity contribution in [3.63, 3.8) is 0 Å². The summed E-state index contributed by atoms with van der Waals surface area (Å²) in [6, 6.07) is 13.2. The summed E-state index contributed by atoms with van der Waals surface area (Å²) in [5.74, 6) is -0.824. The summed E-state index contributed by atoms with van der Waals surface area (Å²) < 4.78 is 29.1. The summed E-state index contributed by atoms with van der Waals surface area (Å²) in [6.07, 6.45) is 0.111. The first kappa shape index (κ1) is 17.2. The average Bonchev–Trinajstić information content (AvgIpc) is 2.82. The molecule has 0 spiro atoms. The van der Waals surface area contributed by atoms with Gasteiger partial charge in [0, 0.05) is 6.54 Å². The maximum Gasteiger partial charge on any atom is 0.309 e. The molecule has 2 amide bonds. The molecule has 0 aliphatic carbocycles. The molecule has 2 aromatic carbocycles. The van der Waals surface area contributed by atoms with Gasteiger partial charge in [-0.2, -0.15) is 8.42 Å². The molecule has 0 saturated carbocycles. The van der Waals surface area contributed by atoms with Gasteiger partial charge in [0.05, 0.1) is 16.9 Å². The number of imide groups is 1. The van der Waals surface area contributed by atoms with E-state index in [2.05, 4.69) is 0 Å². The van der Waals surface area contributed by atoms with E-state index in [-0.39, 0.29) is 24.5 Å². The SMILES string of the molecule is Cc1ccc(OS(=O)(=O)CCCN2C(=O)c3ccccc3C2=O)cc1. The highest BCUT2D eigenvalue weighted by atomic mass is 32.2. The topological polar surface area (TPSA) is 80.8 Å². The number of carbonyl (C=O) groups is 2. The fourth-order valence-electron chi connectivity index (χ4n) is 2.62. The van der Waals surface area contributed by atoms with Crippen LogP contribution in [-0.2, 0) is 10.1 Å². The van der Waals surface area contributed by atoms with Crippen LogP contribution < -0.4 is 4.18 Å².